The second kappa shape index (κ2) is 7.83. The zero-order chi connectivity index (χ0) is 18.5. The first-order valence-electron chi connectivity index (χ1n) is 8.33. The number of rotatable bonds is 7. The number of benzene rings is 1. The Kier molecular flexibility index (Phi) is 5.33. The summed E-state index contributed by atoms with van der Waals surface area (Å²) >= 11 is 0. The smallest absolute Gasteiger partial charge is 0.329 e. The number of hydrogen-bond donors (Lipinski definition) is 3. The fraction of sp³-hybridized carbons (Fsp3) is 0.278. The maximum Gasteiger partial charge on any atom is 0.329 e. The van der Waals surface area contributed by atoms with Crippen LogP contribution < -0.4 is 10.8 Å². The molecule has 1 aliphatic heterocycles. The van der Waals surface area contributed by atoms with E-state index in [0.29, 0.717) is 19.3 Å². The molecule has 3 N–H and O–H groups in total. The Hall–Kier alpha value is -3.13. The van der Waals surface area contributed by atoms with E-state index in [1.54, 1.807) is 17.8 Å². The van der Waals surface area contributed by atoms with Crippen LogP contribution in [0.3, 0.4) is 0 Å². The maximum absolute atomic E-state index is 12.4. The molecule has 1 aromatic heterocycles. The highest BCUT2D eigenvalue weighted by Crippen LogP contribution is 2.20. The molecule has 4 amide bonds. The van der Waals surface area contributed by atoms with Gasteiger partial charge >= 0.3 is 6.03 Å². The average Bonchev–Trinajstić information content (AvgIpc) is 3.20. The fourth-order valence-corrected chi connectivity index (χ4v) is 2.80. The molecule has 0 atom stereocenters. The molecule has 0 unspecified atom stereocenters. The summed E-state index contributed by atoms with van der Waals surface area (Å²) in [6.45, 7) is 0.281. The van der Waals surface area contributed by atoms with Gasteiger partial charge in [0.2, 0.25) is 5.91 Å². The molecule has 136 valence electrons. The topological polar surface area (TPSA) is 112 Å². The van der Waals surface area contributed by atoms with Crippen molar-refractivity contribution in [3.05, 3.63) is 41.8 Å². The number of fused-ring (bicyclic) bond motifs is 1. The summed E-state index contributed by atoms with van der Waals surface area (Å²) in [5, 5.41) is 11.9. The van der Waals surface area contributed by atoms with Crippen LogP contribution in [0.15, 0.2) is 40.6 Å². The highest BCUT2D eigenvalue weighted by Gasteiger charge is 2.32. The Balaban J connectivity index is 1.58. The summed E-state index contributed by atoms with van der Waals surface area (Å²) in [6, 6.07) is 6.88. The molecule has 0 aliphatic carbocycles. The largest absolute Gasteiger partial charge is 0.464 e. The van der Waals surface area contributed by atoms with Crippen molar-refractivity contribution < 1.29 is 24.0 Å². The van der Waals surface area contributed by atoms with Gasteiger partial charge in [-0.15, -0.1) is 0 Å². The summed E-state index contributed by atoms with van der Waals surface area (Å²) in [5.41, 5.74) is 3.35. The Morgan fingerprint density at radius 3 is 2.88 bits per heavy atom. The van der Waals surface area contributed by atoms with Crippen molar-refractivity contribution >= 4 is 34.9 Å². The first kappa shape index (κ1) is 17.7. The average molecular weight is 357 g/mol. The van der Waals surface area contributed by atoms with Gasteiger partial charge in [0.1, 0.15) is 11.3 Å². The van der Waals surface area contributed by atoms with E-state index in [1.807, 2.05) is 24.3 Å². The normalized spacial score (nSPS) is 15.7. The number of hydrogen-bond acceptors (Lipinski definition) is 5. The van der Waals surface area contributed by atoms with Gasteiger partial charge < -0.3 is 9.73 Å². The van der Waals surface area contributed by atoms with Crippen LogP contribution in [0.2, 0.25) is 0 Å². The van der Waals surface area contributed by atoms with E-state index in [-0.39, 0.29) is 24.6 Å². The molecule has 0 spiro atoms. The first-order chi connectivity index (χ1) is 12.6. The lowest BCUT2D eigenvalue weighted by molar-refractivity contribution is -0.129. The van der Waals surface area contributed by atoms with Gasteiger partial charge in [0, 0.05) is 18.4 Å². The van der Waals surface area contributed by atoms with E-state index in [4.69, 9.17) is 9.62 Å². The number of furan rings is 1. The third-order valence-corrected chi connectivity index (χ3v) is 4.16. The molecule has 0 radical (unpaired) electrons. The quantitative estimate of drug-likeness (QED) is 0.232. The van der Waals surface area contributed by atoms with Gasteiger partial charge in [-0.1, -0.05) is 12.5 Å². The van der Waals surface area contributed by atoms with Crippen molar-refractivity contribution in [2.45, 2.75) is 25.7 Å². The van der Waals surface area contributed by atoms with Crippen molar-refractivity contribution in [3.8, 4) is 0 Å². The minimum Gasteiger partial charge on any atom is -0.464 e. The second-order valence-electron chi connectivity index (χ2n) is 6.01. The standard InChI is InChI=1S/C18H19N3O5/c22-16(20-25)4-2-1-3-8-21-17(23)14(19-18(21)24)11-12-5-6-15-13(10-12)7-9-26-15/h5-7,9-11,25H,1-4,8H2,(H,19,24)(H,20,22). The van der Waals surface area contributed by atoms with Gasteiger partial charge in [0.15, 0.2) is 0 Å². The predicted octanol–water partition coefficient (Wildman–Crippen LogP) is 2.39. The van der Waals surface area contributed by atoms with Crippen molar-refractivity contribution in [2.75, 3.05) is 6.54 Å². The van der Waals surface area contributed by atoms with Gasteiger partial charge in [-0.05, 0) is 42.7 Å². The molecule has 2 aromatic rings. The van der Waals surface area contributed by atoms with Crippen LogP contribution in [0.4, 0.5) is 4.79 Å². The number of unbranched alkanes of at least 4 members (excludes halogenated alkanes) is 2. The molecule has 3 rings (SSSR count). The van der Waals surface area contributed by atoms with Crippen molar-refractivity contribution in [3.63, 3.8) is 0 Å². The van der Waals surface area contributed by atoms with E-state index >= 15 is 0 Å². The number of carbonyl (C=O) groups is 3. The van der Waals surface area contributed by atoms with Gasteiger partial charge in [0.25, 0.3) is 5.91 Å². The van der Waals surface area contributed by atoms with Gasteiger partial charge in [-0.25, -0.2) is 10.3 Å². The number of imide groups is 1. The molecule has 1 aliphatic rings. The minimum atomic E-state index is -0.446. The van der Waals surface area contributed by atoms with Crippen LogP contribution in [0.1, 0.15) is 31.2 Å². The van der Waals surface area contributed by atoms with Crippen molar-refractivity contribution in [2.24, 2.45) is 0 Å². The lowest BCUT2D eigenvalue weighted by Crippen LogP contribution is -2.31. The number of nitrogens with one attached hydrogen (secondary N) is 2. The summed E-state index contributed by atoms with van der Waals surface area (Å²) in [7, 11) is 0. The number of carbonyl (C=O) groups excluding carboxylic acids is 3. The van der Waals surface area contributed by atoms with Gasteiger partial charge in [0.05, 0.1) is 6.26 Å². The van der Waals surface area contributed by atoms with E-state index in [1.165, 1.54) is 0 Å². The van der Waals surface area contributed by atoms with Crippen LogP contribution in [0, 0.1) is 0 Å². The zero-order valence-electron chi connectivity index (χ0n) is 14.0. The number of urea groups is 1. The monoisotopic (exact) mass is 357 g/mol. The van der Waals surface area contributed by atoms with Gasteiger partial charge in [-0.3, -0.25) is 19.7 Å². The summed E-state index contributed by atoms with van der Waals surface area (Å²) in [6.07, 6.45) is 5.27. The van der Waals surface area contributed by atoms with E-state index in [0.717, 1.165) is 21.4 Å². The predicted molar refractivity (Wildman–Crippen MR) is 92.8 cm³/mol. The molecule has 8 nitrogen and oxygen atoms in total. The third-order valence-electron chi connectivity index (χ3n) is 4.16. The molecule has 0 bridgehead atoms. The molecule has 2 heterocycles. The van der Waals surface area contributed by atoms with Crippen LogP contribution in [-0.2, 0) is 9.59 Å². The second-order valence-corrected chi connectivity index (χ2v) is 6.01. The molecular formula is C18H19N3O5. The SMILES string of the molecule is O=C(CCCCCN1C(=O)NC(=Cc2ccc3occc3c2)C1=O)NO. The van der Waals surface area contributed by atoms with E-state index in [2.05, 4.69) is 5.32 Å². The number of amides is 4. The lowest BCUT2D eigenvalue weighted by Gasteiger charge is -2.11. The molecule has 1 saturated heterocycles. The fourth-order valence-electron chi connectivity index (χ4n) is 2.80. The van der Waals surface area contributed by atoms with Crippen LogP contribution in [0.25, 0.3) is 17.0 Å². The van der Waals surface area contributed by atoms with E-state index in [9.17, 15) is 14.4 Å². The Bertz CT molecular complexity index is 871. The van der Waals surface area contributed by atoms with Crippen molar-refractivity contribution in [1.29, 1.82) is 0 Å². The summed E-state index contributed by atoms with van der Waals surface area (Å²) < 4.78 is 5.28. The highest BCUT2D eigenvalue weighted by atomic mass is 16.5. The number of nitrogens with zero attached hydrogens (tertiary/aromatic N) is 1. The summed E-state index contributed by atoms with van der Waals surface area (Å²) in [5.74, 6) is -0.810. The van der Waals surface area contributed by atoms with Gasteiger partial charge in [-0.2, -0.15) is 0 Å². The molecule has 0 saturated carbocycles. The van der Waals surface area contributed by atoms with E-state index < -0.39 is 11.9 Å². The third kappa shape index (κ3) is 3.92. The zero-order valence-corrected chi connectivity index (χ0v) is 14.0. The van der Waals surface area contributed by atoms with Crippen molar-refractivity contribution in [1.82, 2.24) is 15.7 Å². The summed E-state index contributed by atoms with van der Waals surface area (Å²) in [4.78, 5) is 36.5. The molecule has 1 fully saturated rings. The lowest BCUT2D eigenvalue weighted by atomic mass is 10.1. The van der Waals surface area contributed by atoms with Crippen LogP contribution in [-0.4, -0.2) is 34.5 Å². The molecule has 26 heavy (non-hydrogen) atoms. The first-order valence-corrected chi connectivity index (χ1v) is 8.33. The Morgan fingerprint density at radius 2 is 2.08 bits per heavy atom. The molecule has 1 aromatic carbocycles. The highest BCUT2D eigenvalue weighted by molar-refractivity contribution is 6.14. The minimum absolute atomic E-state index is 0.207. The Morgan fingerprint density at radius 1 is 1.23 bits per heavy atom. The van der Waals surface area contributed by atoms with Crippen LogP contribution in [0.5, 0.6) is 0 Å². The molecular weight excluding hydrogens is 338 g/mol. The number of hydroxylamine groups is 1. The van der Waals surface area contributed by atoms with Crippen LogP contribution >= 0.6 is 0 Å². The molecule has 8 heteroatoms. The Labute approximate surface area is 149 Å². The maximum atomic E-state index is 12.4.